The van der Waals surface area contributed by atoms with Crippen molar-refractivity contribution in [2.45, 2.75) is 31.7 Å². The maximum absolute atomic E-state index is 13.1. The molecular weight excluding hydrogens is 432 g/mol. The molecule has 4 heterocycles. The topological polar surface area (TPSA) is 67.2 Å². The van der Waals surface area contributed by atoms with Crippen molar-refractivity contribution in [1.29, 1.82) is 0 Å². The van der Waals surface area contributed by atoms with E-state index in [-0.39, 0.29) is 5.91 Å². The highest BCUT2D eigenvalue weighted by Crippen LogP contribution is 2.45. The molecule has 0 saturated carbocycles. The van der Waals surface area contributed by atoms with Crippen molar-refractivity contribution in [2.75, 3.05) is 23.4 Å². The SMILES string of the molecule is CCC12CCCN1c1nc(-n3ccnc3-c3cccc(Br)c3)ncc1N(C)C2=O. The Labute approximate surface area is 177 Å². The predicted octanol–water partition coefficient (Wildman–Crippen LogP) is 3.82. The van der Waals surface area contributed by atoms with Gasteiger partial charge in [-0.2, -0.15) is 4.98 Å². The van der Waals surface area contributed by atoms with Crippen molar-refractivity contribution in [3.05, 3.63) is 47.3 Å². The number of anilines is 2. The van der Waals surface area contributed by atoms with Crippen LogP contribution in [0.15, 0.2) is 47.3 Å². The lowest BCUT2D eigenvalue weighted by Gasteiger charge is -2.45. The Kier molecular flexibility index (Phi) is 4.20. The molecule has 0 bridgehead atoms. The van der Waals surface area contributed by atoms with Crippen LogP contribution in [0.2, 0.25) is 0 Å². The molecule has 2 aromatic heterocycles. The summed E-state index contributed by atoms with van der Waals surface area (Å²) in [5, 5.41) is 0. The number of fused-ring (bicyclic) bond motifs is 3. The average molecular weight is 453 g/mol. The molecule has 1 saturated heterocycles. The van der Waals surface area contributed by atoms with E-state index in [2.05, 4.69) is 37.7 Å². The standard InChI is InChI=1S/C21H21BrN6O/c1-3-21-8-5-10-28(21)18-16(26(2)19(21)29)13-24-20(25-18)27-11-9-23-17(27)14-6-4-7-15(22)12-14/h4,6-7,9,11-13H,3,5,8,10H2,1-2H3. The first-order valence-corrected chi connectivity index (χ1v) is 10.6. The van der Waals surface area contributed by atoms with Gasteiger partial charge in [0, 0.05) is 36.0 Å². The second-order valence-corrected chi connectivity index (χ2v) is 8.43. The van der Waals surface area contributed by atoms with E-state index in [0.717, 1.165) is 53.2 Å². The molecule has 3 aromatic rings. The molecule has 0 radical (unpaired) electrons. The molecule has 148 valence electrons. The number of hydrogen-bond donors (Lipinski definition) is 0. The number of imidazole rings is 1. The second kappa shape index (κ2) is 6.66. The van der Waals surface area contributed by atoms with Crippen LogP contribution in [0.1, 0.15) is 26.2 Å². The van der Waals surface area contributed by atoms with Crippen LogP contribution in [0.3, 0.4) is 0 Å². The minimum atomic E-state index is -0.491. The Balaban J connectivity index is 1.64. The van der Waals surface area contributed by atoms with Gasteiger partial charge < -0.3 is 9.80 Å². The number of likely N-dealkylation sites (N-methyl/N-ethyl adjacent to an activating group) is 1. The molecule has 2 aliphatic rings. The van der Waals surface area contributed by atoms with Crippen molar-refractivity contribution >= 4 is 33.3 Å². The van der Waals surface area contributed by atoms with Crippen LogP contribution in [-0.4, -0.2) is 44.6 Å². The molecule has 1 fully saturated rings. The lowest BCUT2D eigenvalue weighted by Crippen LogP contribution is -2.59. The van der Waals surface area contributed by atoms with Crippen molar-refractivity contribution in [2.24, 2.45) is 0 Å². The quantitative estimate of drug-likeness (QED) is 0.604. The summed E-state index contributed by atoms with van der Waals surface area (Å²) in [6, 6.07) is 7.99. The van der Waals surface area contributed by atoms with E-state index in [4.69, 9.17) is 4.98 Å². The molecule has 1 aromatic carbocycles. The lowest BCUT2D eigenvalue weighted by atomic mass is 9.89. The highest BCUT2D eigenvalue weighted by atomic mass is 79.9. The largest absolute Gasteiger partial charge is 0.340 e. The number of halogens is 1. The number of carbonyl (C=O) groups is 1. The summed E-state index contributed by atoms with van der Waals surface area (Å²) in [6.07, 6.45) is 7.98. The van der Waals surface area contributed by atoms with E-state index in [1.165, 1.54) is 0 Å². The van der Waals surface area contributed by atoms with Crippen LogP contribution in [0, 0.1) is 0 Å². The second-order valence-electron chi connectivity index (χ2n) is 7.51. The van der Waals surface area contributed by atoms with Gasteiger partial charge in [-0.3, -0.25) is 9.36 Å². The summed E-state index contributed by atoms with van der Waals surface area (Å²) in [5.74, 6) is 2.29. The van der Waals surface area contributed by atoms with Gasteiger partial charge in [-0.25, -0.2) is 9.97 Å². The number of aromatic nitrogens is 4. The molecule has 0 spiro atoms. The summed E-state index contributed by atoms with van der Waals surface area (Å²) in [5.41, 5.74) is 1.24. The fraction of sp³-hybridized carbons (Fsp3) is 0.333. The number of nitrogens with zero attached hydrogens (tertiary/aromatic N) is 6. The Bertz CT molecular complexity index is 1110. The van der Waals surface area contributed by atoms with Crippen LogP contribution in [-0.2, 0) is 4.79 Å². The smallest absolute Gasteiger partial charge is 0.252 e. The predicted molar refractivity (Wildman–Crippen MR) is 115 cm³/mol. The van der Waals surface area contributed by atoms with E-state index in [0.29, 0.717) is 5.95 Å². The molecule has 0 aliphatic carbocycles. The van der Waals surface area contributed by atoms with E-state index < -0.39 is 5.54 Å². The molecule has 8 heteroatoms. The van der Waals surface area contributed by atoms with Gasteiger partial charge in [-0.1, -0.05) is 35.0 Å². The Morgan fingerprint density at radius 2 is 2.14 bits per heavy atom. The van der Waals surface area contributed by atoms with Crippen LogP contribution in [0.4, 0.5) is 11.5 Å². The van der Waals surface area contributed by atoms with Gasteiger partial charge in [0.05, 0.1) is 6.20 Å². The number of benzene rings is 1. The number of hydrogen-bond acceptors (Lipinski definition) is 5. The highest BCUT2D eigenvalue weighted by Gasteiger charge is 2.52. The van der Waals surface area contributed by atoms with Crippen molar-refractivity contribution in [3.63, 3.8) is 0 Å². The molecule has 5 rings (SSSR count). The summed E-state index contributed by atoms with van der Waals surface area (Å²) in [6.45, 7) is 2.91. The monoisotopic (exact) mass is 452 g/mol. The third kappa shape index (κ3) is 2.62. The minimum Gasteiger partial charge on any atom is -0.340 e. The number of rotatable bonds is 3. The summed E-state index contributed by atoms with van der Waals surface area (Å²) in [4.78, 5) is 31.0. The molecule has 1 amide bonds. The van der Waals surface area contributed by atoms with Crippen LogP contribution in [0.25, 0.3) is 17.3 Å². The molecule has 1 atom stereocenters. The maximum Gasteiger partial charge on any atom is 0.252 e. The van der Waals surface area contributed by atoms with Gasteiger partial charge >= 0.3 is 0 Å². The number of amides is 1. The molecule has 2 aliphatic heterocycles. The summed E-state index contributed by atoms with van der Waals surface area (Å²) >= 11 is 3.52. The zero-order valence-corrected chi connectivity index (χ0v) is 17.9. The van der Waals surface area contributed by atoms with Gasteiger partial charge in [0.2, 0.25) is 5.95 Å². The van der Waals surface area contributed by atoms with E-state index in [1.807, 2.05) is 42.1 Å². The first kappa shape index (κ1) is 18.3. The zero-order valence-electron chi connectivity index (χ0n) is 16.3. The van der Waals surface area contributed by atoms with Crippen molar-refractivity contribution < 1.29 is 4.79 Å². The van der Waals surface area contributed by atoms with E-state index in [9.17, 15) is 4.79 Å². The molecular formula is C21H21BrN6O. The third-order valence-corrected chi connectivity index (χ3v) is 6.56. The van der Waals surface area contributed by atoms with Gasteiger partial charge in [0.15, 0.2) is 5.82 Å². The third-order valence-electron chi connectivity index (χ3n) is 6.07. The first-order chi connectivity index (χ1) is 14.0. The molecule has 29 heavy (non-hydrogen) atoms. The van der Waals surface area contributed by atoms with Crippen LogP contribution in [0.5, 0.6) is 0 Å². The van der Waals surface area contributed by atoms with Gasteiger partial charge in [0.25, 0.3) is 5.91 Å². The summed E-state index contributed by atoms with van der Waals surface area (Å²) in [7, 11) is 1.82. The number of carbonyl (C=O) groups excluding carboxylic acids is 1. The van der Waals surface area contributed by atoms with Crippen molar-refractivity contribution in [3.8, 4) is 17.3 Å². The Hall–Kier alpha value is -2.74. The average Bonchev–Trinajstić information content (AvgIpc) is 3.39. The lowest BCUT2D eigenvalue weighted by molar-refractivity contribution is -0.123. The van der Waals surface area contributed by atoms with E-state index in [1.54, 1.807) is 17.3 Å². The van der Waals surface area contributed by atoms with Gasteiger partial charge in [-0.05, 0) is 31.4 Å². The fourth-order valence-electron chi connectivity index (χ4n) is 4.56. The Morgan fingerprint density at radius 1 is 1.28 bits per heavy atom. The van der Waals surface area contributed by atoms with Gasteiger partial charge in [-0.15, -0.1) is 0 Å². The minimum absolute atomic E-state index is 0.138. The first-order valence-electron chi connectivity index (χ1n) is 9.77. The molecule has 1 unspecified atom stereocenters. The van der Waals surface area contributed by atoms with Crippen LogP contribution >= 0.6 is 15.9 Å². The zero-order chi connectivity index (χ0) is 20.2. The molecule has 0 N–H and O–H groups in total. The maximum atomic E-state index is 13.1. The van der Waals surface area contributed by atoms with Crippen LogP contribution < -0.4 is 9.80 Å². The van der Waals surface area contributed by atoms with Crippen molar-refractivity contribution in [1.82, 2.24) is 19.5 Å². The van der Waals surface area contributed by atoms with Gasteiger partial charge in [0.1, 0.15) is 17.1 Å². The highest BCUT2D eigenvalue weighted by molar-refractivity contribution is 9.10. The normalized spacial score (nSPS) is 20.7. The van der Waals surface area contributed by atoms with E-state index >= 15 is 0 Å². The summed E-state index contributed by atoms with van der Waals surface area (Å²) < 4.78 is 2.88. The molecule has 7 nitrogen and oxygen atoms in total. The Morgan fingerprint density at radius 3 is 2.93 bits per heavy atom. The fourth-order valence-corrected chi connectivity index (χ4v) is 4.96.